The lowest BCUT2D eigenvalue weighted by Gasteiger charge is -2.34. The van der Waals surface area contributed by atoms with Crippen molar-refractivity contribution in [3.8, 4) is 35.4 Å². The first kappa shape index (κ1) is 31.8. The Kier molecular flexibility index (Phi) is 8.17. The maximum atomic E-state index is 17.0. The number of aromatic hydroxyl groups is 1. The van der Waals surface area contributed by atoms with Gasteiger partial charge in [-0.05, 0) is 88.2 Å². The SMILES string of the molecule is C#Cc1cccc2cc(O)cc(-c3ncc4c(N5CCC[C@](C)(O)[C@@H](NC(=O)C=C)C5)nc(OCC56CCCN5CCC6)nc4c3F)c12. The third-order valence-corrected chi connectivity index (χ3v) is 10.4. The Bertz CT molecular complexity index is 1960. The number of ether oxygens (including phenoxy) is 1. The lowest BCUT2D eigenvalue weighted by molar-refractivity contribution is -0.119. The van der Waals surface area contributed by atoms with E-state index in [9.17, 15) is 15.0 Å². The van der Waals surface area contributed by atoms with Gasteiger partial charge in [-0.25, -0.2) is 4.39 Å². The molecule has 48 heavy (non-hydrogen) atoms. The second-order valence-electron chi connectivity index (χ2n) is 13.4. The average Bonchev–Trinajstić information content (AvgIpc) is 3.62. The zero-order valence-electron chi connectivity index (χ0n) is 27.0. The zero-order chi connectivity index (χ0) is 33.6. The minimum atomic E-state index is -1.20. The molecule has 0 radical (unpaired) electrons. The van der Waals surface area contributed by atoms with Crippen LogP contribution in [0.4, 0.5) is 10.2 Å². The highest BCUT2D eigenvalue weighted by Crippen LogP contribution is 2.41. The van der Waals surface area contributed by atoms with E-state index in [4.69, 9.17) is 16.1 Å². The van der Waals surface area contributed by atoms with Crippen molar-refractivity contribution >= 4 is 33.4 Å². The molecule has 0 spiro atoms. The first-order chi connectivity index (χ1) is 23.1. The van der Waals surface area contributed by atoms with Gasteiger partial charge in [-0.15, -0.1) is 6.42 Å². The van der Waals surface area contributed by atoms with Gasteiger partial charge in [0.2, 0.25) is 5.91 Å². The number of phenolic OH excluding ortho intramolecular Hbond substituents is 1. The Balaban J connectivity index is 1.37. The molecule has 3 fully saturated rings. The number of rotatable bonds is 7. The summed E-state index contributed by atoms with van der Waals surface area (Å²) in [4.78, 5) is 30.8. The molecule has 10 nitrogen and oxygen atoms in total. The summed E-state index contributed by atoms with van der Waals surface area (Å²) in [6.07, 6.45) is 13.8. The number of hydrogen-bond acceptors (Lipinski definition) is 9. The van der Waals surface area contributed by atoms with Gasteiger partial charge in [0.1, 0.15) is 29.4 Å². The number of aromatic nitrogens is 3. The molecule has 0 bridgehead atoms. The second-order valence-corrected chi connectivity index (χ2v) is 13.4. The smallest absolute Gasteiger partial charge is 0.319 e. The third-order valence-electron chi connectivity index (χ3n) is 10.4. The fourth-order valence-electron chi connectivity index (χ4n) is 7.83. The number of halogens is 1. The third kappa shape index (κ3) is 5.59. The predicted octanol–water partition coefficient (Wildman–Crippen LogP) is 4.70. The number of anilines is 1. The highest BCUT2D eigenvalue weighted by molar-refractivity contribution is 6.02. The van der Waals surface area contributed by atoms with Crippen molar-refractivity contribution in [1.29, 1.82) is 0 Å². The molecule has 248 valence electrons. The van der Waals surface area contributed by atoms with Gasteiger partial charge in [-0.3, -0.25) is 14.7 Å². The predicted molar refractivity (Wildman–Crippen MR) is 182 cm³/mol. The van der Waals surface area contributed by atoms with Crippen LogP contribution in [0.25, 0.3) is 32.9 Å². The summed E-state index contributed by atoms with van der Waals surface area (Å²) in [5.41, 5.74) is -0.432. The zero-order valence-corrected chi connectivity index (χ0v) is 27.0. The molecule has 1 amide bonds. The van der Waals surface area contributed by atoms with Gasteiger partial charge in [0, 0.05) is 35.8 Å². The van der Waals surface area contributed by atoms with Gasteiger partial charge < -0.3 is 25.2 Å². The molecule has 2 aromatic heterocycles. The minimum Gasteiger partial charge on any atom is -0.508 e. The van der Waals surface area contributed by atoms with Gasteiger partial charge >= 0.3 is 6.01 Å². The number of terminal acetylenes is 1. The number of benzene rings is 2. The monoisotopic (exact) mass is 650 g/mol. The Morgan fingerprint density at radius 2 is 1.98 bits per heavy atom. The van der Waals surface area contributed by atoms with Crippen LogP contribution in [0.5, 0.6) is 11.8 Å². The number of fused-ring (bicyclic) bond motifs is 3. The number of phenols is 1. The molecular weight excluding hydrogens is 611 g/mol. The summed E-state index contributed by atoms with van der Waals surface area (Å²) in [7, 11) is 0. The fourth-order valence-corrected chi connectivity index (χ4v) is 7.83. The largest absolute Gasteiger partial charge is 0.508 e. The lowest BCUT2D eigenvalue weighted by Crippen LogP contribution is -2.54. The van der Waals surface area contributed by atoms with Crippen molar-refractivity contribution in [3.63, 3.8) is 0 Å². The van der Waals surface area contributed by atoms with E-state index in [0.29, 0.717) is 59.1 Å². The standard InChI is InChI=1S/C37H39FN6O4/c1-4-23-10-6-11-24-18-25(45)19-26(30(23)24)32-31(38)33-27(20-39-32)34(43-15-7-12-36(3,47)28(21-43)40-29(46)5-2)42-35(41-33)48-22-37-13-8-16-44(37)17-9-14-37/h1,5-6,10-11,18-20,28,45,47H,2,7-9,12-17,21-22H2,3H3,(H,40,46)/t28-,36-/m0/s1. The first-order valence-corrected chi connectivity index (χ1v) is 16.5. The van der Waals surface area contributed by atoms with E-state index in [1.165, 1.54) is 18.3 Å². The summed E-state index contributed by atoms with van der Waals surface area (Å²) < 4.78 is 23.3. The normalized spacial score (nSPS) is 22.3. The Labute approximate surface area is 278 Å². The van der Waals surface area contributed by atoms with E-state index in [2.05, 4.69) is 32.7 Å². The molecule has 2 aromatic carbocycles. The number of carbonyl (C=O) groups is 1. The van der Waals surface area contributed by atoms with E-state index >= 15 is 4.39 Å². The highest BCUT2D eigenvalue weighted by Gasteiger charge is 2.45. The molecule has 3 N–H and O–H groups in total. The van der Waals surface area contributed by atoms with Crippen LogP contribution in [-0.2, 0) is 4.79 Å². The van der Waals surface area contributed by atoms with Crippen LogP contribution in [-0.4, -0.2) is 85.9 Å². The summed E-state index contributed by atoms with van der Waals surface area (Å²) in [6.45, 7) is 8.37. The van der Waals surface area contributed by atoms with Gasteiger partial charge in [-0.1, -0.05) is 24.6 Å². The first-order valence-electron chi connectivity index (χ1n) is 16.5. The van der Waals surface area contributed by atoms with Crippen molar-refractivity contribution in [1.82, 2.24) is 25.2 Å². The number of pyridine rings is 1. The molecule has 5 heterocycles. The summed E-state index contributed by atoms with van der Waals surface area (Å²) >= 11 is 0. The van der Waals surface area contributed by atoms with Crippen molar-refractivity contribution < 1.29 is 24.1 Å². The maximum absolute atomic E-state index is 17.0. The number of carbonyl (C=O) groups excluding carboxylic acids is 1. The molecule has 7 rings (SSSR count). The van der Waals surface area contributed by atoms with Gasteiger partial charge in [0.15, 0.2) is 5.82 Å². The maximum Gasteiger partial charge on any atom is 0.319 e. The average molecular weight is 651 g/mol. The van der Waals surface area contributed by atoms with Crippen LogP contribution in [0.1, 0.15) is 51.0 Å². The summed E-state index contributed by atoms with van der Waals surface area (Å²) in [5.74, 6) is 1.89. The minimum absolute atomic E-state index is 0.00423. The van der Waals surface area contributed by atoms with Crippen LogP contribution < -0.4 is 15.0 Å². The molecule has 0 aliphatic carbocycles. The molecule has 3 aliphatic heterocycles. The lowest BCUT2D eigenvalue weighted by atomic mass is 9.92. The number of aliphatic hydroxyl groups is 1. The van der Waals surface area contributed by atoms with E-state index in [-0.39, 0.29) is 35.1 Å². The molecule has 0 saturated carbocycles. The van der Waals surface area contributed by atoms with Crippen molar-refractivity contribution in [2.24, 2.45) is 0 Å². The molecule has 2 atom stereocenters. The summed E-state index contributed by atoms with van der Waals surface area (Å²) in [5, 5.41) is 26.4. The fraction of sp³-hybridized carbons (Fsp3) is 0.405. The van der Waals surface area contributed by atoms with Gasteiger partial charge in [0.25, 0.3) is 0 Å². The van der Waals surface area contributed by atoms with Gasteiger partial charge in [0.05, 0.1) is 22.6 Å². The van der Waals surface area contributed by atoms with E-state index in [1.54, 1.807) is 31.2 Å². The summed E-state index contributed by atoms with van der Waals surface area (Å²) in [6, 6.07) is 7.75. The number of nitrogens with zero attached hydrogens (tertiary/aromatic N) is 5. The Morgan fingerprint density at radius 3 is 2.73 bits per heavy atom. The topological polar surface area (TPSA) is 124 Å². The van der Waals surface area contributed by atoms with Crippen molar-refractivity contribution in [3.05, 3.63) is 60.6 Å². The number of hydrogen-bond donors (Lipinski definition) is 3. The van der Waals surface area contributed by atoms with Crippen LogP contribution in [0, 0.1) is 18.2 Å². The molecule has 3 aliphatic rings. The van der Waals surface area contributed by atoms with E-state index in [1.807, 2.05) is 4.90 Å². The second kappa shape index (κ2) is 12.3. The molecule has 4 aromatic rings. The number of amides is 1. The van der Waals surface area contributed by atoms with Crippen molar-refractivity contribution in [2.75, 3.05) is 37.7 Å². The van der Waals surface area contributed by atoms with Crippen LogP contribution in [0.15, 0.2) is 49.2 Å². The highest BCUT2D eigenvalue weighted by atomic mass is 19.1. The molecule has 3 saturated heterocycles. The van der Waals surface area contributed by atoms with Gasteiger partial charge in [-0.2, -0.15) is 9.97 Å². The molecular formula is C37H39FN6O4. The number of nitrogens with one attached hydrogen (secondary N) is 1. The van der Waals surface area contributed by atoms with Crippen molar-refractivity contribution in [2.45, 2.75) is 62.6 Å². The molecule has 11 heteroatoms. The Morgan fingerprint density at radius 1 is 1.21 bits per heavy atom. The van der Waals surface area contributed by atoms with Crippen LogP contribution in [0.2, 0.25) is 0 Å². The van der Waals surface area contributed by atoms with Crippen LogP contribution in [0.3, 0.4) is 0 Å². The van der Waals surface area contributed by atoms with E-state index < -0.39 is 23.4 Å². The van der Waals surface area contributed by atoms with E-state index in [0.717, 1.165) is 38.8 Å². The Hall–Kier alpha value is -4.79. The van der Waals surface area contributed by atoms with Crippen LogP contribution >= 0.6 is 0 Å². The molecule has 0 unspecified atom stereocenters. The quantitative estimate of drug-likeness (QED) is 0.193.